The summed E-state index contributed by atoms with van der Waals surface area (Å²) < 4.78 is 0. The van der Waals surface area contributed by atoms with Crippen molar-refractivity contribution in [3.63, 3.8) is 0 Å². The SMILES string of the molecule is CN(C)CCCc1ccc([N+](=O)[O-])c2[nH]c3ccccc3c(=O)c12. The van der Waals surface area contributed by atoms with Crippen molar-refractivity contribution < 1.29 is 4.92 Å². The molecule has 0 aliphatic rings. The predicted molar refractivity (Wildman–Crippen MR) is 95.6 cm³/mol. The Morgan fingerprint density at radius 2 is 1.92 bits per heavy atom. The van der Waals surface area contributed by atoms with Crippen LogP contribution >= 0.6 is 0 Å². The summed E-state index contributed by atoms with van der Waals surface area (Å²) in [5.41, 5.74) is 1.56. The molecule has 0 saturated heterocycles. The fraction of sp³-hybridized carbons (Fsp3) is 0.278. The lowest BCUT2D eigenvalue weighted by Gasteiger charge is -2.11. The zero-order chi connectivity index (χ0) is 17.3. The van der Waals surface area contributed by atoms with E-state index in [0.29, 0.717) is 28.2 Å². The molecule has 1 heterocycles. The molecule has 6 nitrogen and oxygen atoms in total. The summed E-state index contributed by atoms with van der Waals surface area (Å²) in [6.45, 7) is 0.893. The monoisotopic (exact) mass is 325 g/mol. The highest BCUT2D eigenvalue weighted by atomic mass is 16.6. The zero-order valence-electron chi connectivity index (χ0n) is 13.7. The number of nitro groups is 1. The maximum atomic E-state index is 12.9. The number of para-hydroxylation sites is 1. The van der Waals surface area contributed by atoms with Crippen LogP contribution in [-0.2, 0) is 6.42 Å². The fourth-order valence-corrected chi connectivity index (χ4v) is 3.03. The first kappa shape index (κ1) is 16.1. The van der Waals surface area contributed by atoms with Gasteiger partial charge in [0.05, 0.1) is 10.3 Å². The van der Waals surface area contributed by atoms with Gasteiger partial charge < -0.3 is 9.88 Å². The molecule has 3 rings (SSSR count). The molecule has 0 aliphatic carbocycles. The molecule has 0 bridgehead atoms. The summed E-state index contributed by atoms with van der Waals surface area (Å²) in [5, 5.41) is 12.3. The van der Waals surface area contributed by atoms with E-state index in [1.54, 1.807) is 30.3 Å². The minimum absolute atomic E-state index is 0.0655. The third-order valence-electron chi connectivity index (χ3n) is 4.18. The highest BCUT2D eigenvalue weighted by Crippen LogP contribution is 2.27. The molecule has 1 aromatic heterocycles. The Morgan fingerprint density at radius 1 is 1.17 bits per heavy atom. The molecule has 0 spiro atoms. The average molecular weight is 325 g/mol. The van der Waals surface area contributed by atoms with Gasteiger partial charge in [-0.05, 0) is 51.2 Å². The second kappa shape index (κ2) is 6.41. The third kappa shape index (κ3) is 2.88. The fourth-order valence-electron chi connectivity index (χ4n) is 3.03. The summed E-state index contributed by atoms with van der Waals surface area (Å²) in [6.07, 6.45) is 1.58. The number of benzene rings is 2. The zero-order valence-corrected chi connectivity index (χ0v) is 13.7. The van der Waals surface area contributed by atoms with Gasteiger partial charge in [-0.25, -0.2) is 0 Å². The number of pyridine rings is 1. The van der Waals surface area contributed by atoms with E-state index in [4.69, 9.17) is 0 Å². The van der Waals surface area contributed by atoms with Crippen molar-refractivity contribution in [2.24, 2.45) is 0 Å². The van der Waals surface area contributed by atoms with Gasteiger partial charge in [0.15, 0.2) is 5.43 Å². The van der Waals surface area contributed by atoms with E-state index in [0.717, 1.165) is 18.5 Å². The molecule has 3 aromatic rings. The van der Waals surface area contributed by atoms with Crippen molar-refractivity contribution in [1.82, 2.24) is 9.88 Å². The van der Waals surface area contributed by atoms with Crippen LogP contribution in [-0.4, -0.2) is 35.4 Å². The molecule has 1 N–H and O–H groups in total. The van der Waals surface area contributed by atoms with Crippen LogP contribution in [0, 0.1) is 10.1 Å². The van der Waals surface area contributed by atoms with Crippen LogP contribution in [0.1, 0.15) is 12.0 Å². The maximum absolute atomic E-state index is 12.9. The quantitative estimate of drug-likeness (QED) is 0.444. The number of nitrogens with one attached hydrogen (secondary N) is 1. The largest absolute Gasteiger partial charge is 0.349 e. The molecule has 6 heteroatoms. The van der Waals surface area contributed by atoms with Crippen LogP contribution in [0.5, 0.6) is 0 Å². The minimum Gasteiger partial charge on any atom is -0.349 e. The molecule has 0 aliphatic heterocycles. The maximum Gasteiger partial charge on any atom is 0.293 e. The molecular formula is C18H19N3O3. The van der Waals surface area contributed by atoms with Crippen LogP contribution in [0.15, 0.2) is 41.2 Å². The number of hydrogen-bond donors (Lipinski definition) is 1. The molecule has 124 valence electrons. The second-order valence-electron chi connectivity index (χ2n) is 6.16. The number of H-pyrrole nitrogens is 1. The third-order valence-corrected chi connectivity index (χ3v) is 4.18. The Morgan fingerprint density at radius 3 is 2.62 bits per heavy atom. The van der Waals surface area contributed by atoms with Gasteiger partial charge in [-0.15, -0.1) is 0 Å². The number of aryl methyl sites for hydroxylation is 1. The number of nitrogens with zero attached hydrogens (tertiary/aromatic N) is 2. The van der Waals surface area contributed by atoms with Gasteiger partial charge in [0, 0.05) is 17.0 Å². The first-order valence-corrected chi connectivity index (χ1v) is 7.85. The lowest BCUT2D eigenvalue weighted by atomic mass is 10.00. The van der Waals surface area contributed by atoms with E-state index < -0.39 is 4.92 Å². The van der Waals surface area contributed by atoms with Gasteiger partial charge >= 0.3 is 0 Å². The Labute approximate surface area is 138 Å². The molecule has 24 heavy (non-hydrogen) atoms. The van der Waals surface area contributed by atoms with Crippen molar-refractivity contribution in [2.45, 2.75) is 12.8 Å². The second-order valence-corrected chi connectivity index (χ2v) is 6.16. The van der Waals surface area contributed by atoms with Crippen LogP contribution in [0.4, 0.5) is 5.69 Å². The van der Waals surface area contributed by atoms with Gasteiger partial charge in [0.1, 0.15) is 5.52 Å². The summed E-state index contributed by atoms with van der Waals surface area (Å²) in [5.74, 6) is 0. The number of non-ortho nitro benzene ring substituents is 1. The van der Waals surface area contributed by atoms with Crippen LogP contribution in [0.2, 0.25) is 0 Å². The molecule has 0 fully saturated rings. The summed E-state index contributed by atoms with van der Waals surface area (Å²) >= 11 is 0. The lowest BCUT2D eigenvalue weighted by Crippen LogP contribution is -2.14. The number of nitro benzene ring substituents is 1. The van der Waals surface area contributed by atoms with Crippen molar-refractivity contribution >= 4 is 27.5 Å². The molecule has 0 amide bonds. The van der Waals surface area contributed by atoms with E-state index in [9.17, 15) is 14.9 Å². The van der Waals surface area contributed by atoms with Gasteiger partial charge in [-0.3, -0.25) is 14.9 Å². The molecule has 0 radical (unpaired) electrons. The molecule has 0 atom stereocenters. The van der Waals surface area contributed by atoms with Gasteiger partial charge in [-0.1, -0.05) is 18.2 Å². The van der Waals surface area contributed by atoms with Gasteiger partial charge in [0.2, 0.25) is 0 Å². The summed E-state index contributed by atoms with van der Waals surface area (Å²) in [6, 6.07) is 10.3. The van der Waals surface area contributed by atoms with E-state index in [-0.39, 0.29) is 11.1 Å². The van der Waals surface area contributed by atoms with Crippen LogP contribution in [0.3, 0.4) is 0 Å². The highest BCUT2D eigenvalue weighted by molar-refractivity contribution is 5.98. The van der Waals surface area contributed by atoms with Crippen molar-refractivity contribution in [2.75, 3.05) is 20.6 Å². The first-order chi connectivity index (χ1) is 11.5. The Balaban J connectivity index is 2.26. The van der Waals surface area contributed by atoms with Crippen LogP contribution < -0.4 is 5.43 Å². The first-order valence-electron chi connectivity index (χ1n) is 7.85. The topological polar surface area (TPSA) is 79.2 Å². The average Bonchev–Trinajstić information content (AvgIpc) is 2.54. The normalized spacial score (nSPS) is 11.5. The number of aromatic nitrogens is 1. The number of rotatable bonds is 5. The molecule has 0 saturated carbocycles. The Bertz CT molecular complexity index is 976. The van der Waals surface area contributed by atoms with Crippen molar-refractivity contribution in [1.29, 1.82) is 0 Å². The van der Waals surface area contributed by atoms with Crippen molar-refractivity contribution in [3.8, 4) is 0 Å². The Kier molecular flexibility index (Phi) is 4.31. The molecular weight excluding hydrogens is 306 g/mol. The molecule has 0 unspecified atom stereocenters. The van der Waals surface area contributed by atoms with Crippen LogP contribution in [0.25, 0.3) is 21.8 Å². The number of hydrogen-bond acceptors (Lipinski definition) is 4. The smallest absolute Gasteiger partial charge is 0.293 e. The van der Waals surface area contributed by atoms with Gasteiger partial charge in [0.25, 0.3) is 5.69 Å². The summed E-state index contributed by atoms with van der Waals surface area (Å²) in [7, 11) is 3.99. The standard InChI is InChI=1S/C18H19N3O3/c1-20(2)11-5-6-12-9-10-15(21(23)24)17-16(12)18(22)13-7-3-4-8-14(13)19-17/h3-4,7-10H,5-6,11H2,1-2H3,(H,19,22). The predicted octanol–water partition coefficient (Wildman–Crippen LogP) is 3.08. The van der Waals surface area contributed by atoms with Gasteiger partial charge in [-0.2, -0.15) is 0 Å². The van der Waals surface area contributed by atoms with Crippen molar-refractivity contribution in [3.05, 3.63) is 62.3 Å². The molecule has 2 aromatic carbocycles. The Hall–Kier alpha value is -2.73. The van der Waals surface area contributed by atoms with E-state index >= 15 is 0 Å². The van der Waals surface area contributed by atoms with E-state index in [2.05, 4.69) is 9.88 Å². The lowest BCUT2D eigenvalue weighted by molar-refractivity contribution is -0.383. The minimum atomic E-state index is -0.448. The van der Waals surface area contributed by atoms with E-state index in [1.165, 1.54) is 6.07 Å². The number of aromatic amines is 1. The summed E-state index contributed by atoms with van der Waals surface area (Å²) in [4.78, 5) is 29.0. The number of fused-ring (bicyclic) bond motifs is 2. The highest BCUT2D eigenvalue weighted by Gasteiger charge is 2.18. The van der Waals surface area contributed by atoms with E-state index in [1.807, 2.05) is 14.1 Å².